The van der Waals surface area contributed by atoms with Gasteiger partial charge in [0, 0.05) is 6.54 Å². The summed E-state index contributed by atoms with van der Waals surface area (Å²) in [5, 5.41) is 8.93. The highest BCUT2D eigenvalue weighted by Crippen LogP contribution is 2.13. The maximum atomic E-state index is 11.7. The van der Waals surface area contributed by atoms with E-state index >= 15 is 0 Å². The van der Waals surface area contributed by atoms with Crippen LogP contribution in [0.25, 0.3) is 0 Å². The van der Waals surface area contributed by atoms with Crippen LogP contribution in [-0.4, -0.2) is 54.5 Å². The molecule has 0 heterocycles. The molecule has 0 aromatic heterocycles. The second-order valence-electron chi connectivity index (χ2n) is 6.02. The van der Waals surface area contributed by atoms with Crippen molar-refractivity contribution in [2.24, 2.45) is 0 Å². The number of hydrogen-bond donors (Lipinski definition) is 1. The lowest BCUT2D eigenvalue weighted by molar-refractivity contribution is -0.139. The fourth-order valence-corrected chi connectivity index (χ4v) is 2.53. The fourth-order valence-electron chi connectivity index (χ4n) is 2.53. The van der Waals surface area contributed by atoms with Gasteiger partial charge in [-0.2, -0.15) is 0 Å². The van der Waals surface area contributed by atoms with Crippen LogP contribution in [0, 0.1) is 0 Å². The van der Waals surface area contributed by atoms with Crippen molar-refractivity contribution in [2.75, 3.05) is 26.2 Å². The highest BCUT2D eigenvalue weighted by Gasteiger charge is 2.18. The lowest BCUT2D eigenvalue weighted by Gasteiger charge is -2.18. The zero-order valence-electron chi connectivity index (χ0n) is 15.6. The topological polar surface area (TPSA) is 76.1 Å². The van der Waals surface area contributed by atoms with Gasteiger partial charge in [-0.25, -0.2) is 4.79 Å². The maximum absolute atomic E-state index is 11.7. The van der Waals surface area contributed by atoms with Gasteiger partial charge >= 0.3 is 12.1 Å². The van der Waals surface area contributed by atoms with Gasteiger partial charge in [0.25, 0.3) is 0 Å². The highest BCUT2D eigenvalue weighted by atomic mass is 16.7. The molecular weight excluding hydrogens is 310 g/mol. The summed E-state index contributed by atoms with van der Waals surface area (Å²) in [4.78, 5) is 24.8. The van der Waals surface area contributed by atoms with Crippen LogP contribution in [0.3, 0.4) is 0 Å². The van der Waals surface area contributed by atoms with E-state index in [1.54, 1.807) is 0 Å². The van der Waals surface area contributed by atoms with Crippen molar-refractivity contribution in [2.45, 2.75) is 78.2 Å². The van der Waals surface area contributed by atoms with E-state index in [1.165, 1.54) is 6.42 Å². The molecule has 0 spiro atoms. The lowest BCUT2D eigenvalue weighted by atomic mass is 10.1. The Kier molecular flexibility index (Phi) is 14.4. The zero-order valence-corrected chi connectivity index (χ0v) is 15.6. The van der Waals surface area contributed by atoms with Crippen molar-refractivity contribution < 1.29 is 24.2 Å². The Labute approximate surface area is 146 Å². The molecule has 0 radical (unpaired) electrons. The molecule has 142 valence electrons. The normalized spacial score (nSPS) is 12.2. The van der Waals surface area contributed by atoms with Gasteiger partial charge in [-0.1, -0.05) is 46.5 Å². The summed E-state index contributed by atoms with van der Waals surface area (Å²) in [6.07, 6.45) is 5.18. The van der Waals surface area contributed by atoms with Crippen LogP contribution in [0.1, 0.15) is 72.1 Å². The summed E-state index contributed by atoms with van der Waals surface area (Å²) in [5.74, 6) is -0.956. The molecule has 1 unspecified atom stereocenters. The van der Waals surface area contributed by atoms with Crippen LogP contribution in [0.2, 0.25) is 0 Å². The van der Waals surface area contributed by atoms with Gasteiger partial charge < -0.3 is 19.5 Å². The highest BCUT2D eigenvalue weighted by molar-refractivity contribution is 5.68. The Bertz CT molecular complexity index is 331. The third kappa shape index (κ3) is 13.2. The first kappa shape index (κ1) is 22.7. The number of aliphatic carboxylic acids is 1. The third-order valence-corrected chi connectivity index (χ3v) is 4.03. The van der Waals surface area contributed by atoms with Crippen LogP contribution >= 0.6 is 0 Å². The Morgan fingerprint density at radius 3 is 2.25 bits per heavy atom. The number of carbonyl (C=O) groups is 2. The predicted molar refractivity (Wildman–Crippen MR) is 94.3 cm³/mol. The van der Waals surface area contributed by atoms with E-state index < -0.39 is 18.2 Å². The maximum Gasteiger partial charge on any atom is 0.508 e. The second kappa shape index (κ2) is 15.2. The van der Waals surface area contributed by atoms with E-state index in [0.29, 0.717) is 13.0 Å². The molecule has 0 amide bonds. The average molecular weight is 345 g/mol. The van der Waals surface area contributed by atoms with Crippen LogP contribution in [0.15, 0.2) is 0 Å². The van der Waals surface area contributed by atoms with E-state index in [1.807, 2.05) is 0 Å². The molecule has 24 heavy (non-hydrogen) atoms. The lowest BCUT2D eigenvalue weighted by Crippen LogP contribution is -2.26. The fraction of sp³-hybridized carbons (Fsp3) is 0.889. The monoisotopic (exact) mass is 345 g/mol. The van der Waals surface area contributed by atoms with Gasteiger partial charge in [0.2, 0.25) is 0 Å². The van der Waals surface area contributed by atoms with Gasteiger partial charge in [-0.3, -0.25) is 4.79 Å². The zero-order chi connectivity index (χ0) is 18.2. The van der Waals surface area contributed by atoms with Crippen molar-refractivity contribution in [1.29, 1.82) is 0 Å². The molecule has 6 nitrogen and oxygen atoms in total. The molecule has 0 saturated carbocycles. The van der Waals surface area contributed by atoms with Crippen molar-refractivity contribution in [3.05, 3.63) is 0 Å². The van der Waals surface area contributed by atoms with Crippen LogP contribution < -0.4 is 0 Å². The minimum atomic E-state index is -0.956. The minimum Gasteiger partial charge on any atom is -0.481 e. The SMILES string of the molecule is CCCCCCCC(CC(=O)O)OC(=O)OCCCN(CC)CC. The van der Waals surface area contributed by atoms with Crippen LogP contribution in [0.4, 0.5) is 4.79 Å². The number of hydrogen-bond acceptors (Lipinski definition) is 5. The summed E-state index contributed by atoms with van der Waals surface area (Å²) in [7, 11) is 0. The van der Waals surface area contributed by atoms with Gasteiger partial charge in [0.1, 0.15) is 6.10 Å². The van der Waals surface area contributed by atoms with Crippen molar-refractivity contribution in [3.8, 4) is 0 Å². The number of rotatable bonds is 15. The first-order chi connectivity index (χ1) is 11.5. The molecule has 0 aromatic carbocycles. The first-order valence-corrected chi connectivity index (χ1v) is 9.30. The Balaban J connectivity index is 3.99. The summed E-state index contributed by atoms with van der Waals surface area (Å²) in [6, 6.07) is 0. The van der Waals surface area contributed by atoms with Gasteiger partial charge in [0.05, 0.1) is 13.0 Å². The molecule has 0 aliphatic heterocycles. The standard InChI is InChI=1S/C18H35NO5/c1-4-7-8-9-10-12-16(15-17(20)21)24-18(22)23-14-11-13-19(5-2)6-3/h16H,4-15H2,1-3H3,(H,20,21). The molecule has 0 bridgehead atoms. The number of carbonyl (C=O) groups excluding carboxylic acids is 1. The average Bonchev–Trinajstić information content (AvgIpc) is 2.54. The van der Waals surface area contributed by atoms with E-state index in [-0.39, 0.29) is 6.42 Å². The summed E-state index contributed by atoms with van der Waals surface area (Å²) in [5.41, 5.74) is 0. The smallest absolute Gasteiger partial charge is 0.481 e. The molecule has 1 N–H and O–H groups in total. The molecule has 0 aliphatic carbocycles. The van der Waals surface area contributed by atoms with E-state index in [0.717, 1.165) is 51.7 Å². The molecule has 0 fully saturated rings. The predicted octanol–water partition coefficient (Wildman–Crippen LogP) is 4.08. The van der Waals surface area contributed by atoms with Crippen molar-refractivity contribution in [3.63, 3.8) is 0 Å². The van der Waals surface area contributed by atoms with Crippen molar-refractivity contribution >= 4 is 12.1 Å². The van der Waals surface area contributed by atoms with Crippen LogP contribution in [-0.2, 0) is 14.3 Å². The van der Waals surface area contributed by atoms with Gasteiger partial charge in [-0.15, -0.1) is 0 Å². The molecular formula is C18H35NO5. The quantitative estimate of drug-likeness (QED) is 0.356. The van der Waals surface area contributed by atoms with E-state index in [9.17, 15) is 9.59 Å². The number of unbranched alkanes of at least 4 members (excludes halogenated alkanes) is 4. The summed E-state index contributed by atoms with van der Waals surface area (Å²) >= 11 is 0. The first-order valence-electron chi connectivity index (χ1n) is 9.30. The molecule has 6 heteroatoms. The molecule has 1 atom stereocenters. The molecule has 0 saturated heterocycles. The summed E-state index contributed by atoms with van der Waals surface area (Å²) < 4.78 is 10.2. The molecule has 0 aromatic rings. The molecule has 0 rings (SSSR count). The van der Waals surface area contributed by atoms with E-state index in [2.05, 4.69) is 25.7 Å². The number of carboxylic acids is 1. The Morgan fingerprint density at radius 2 is 1.67 bits per heavy atom. The Hall–Kier alpha value is -1.30. The third-order valence-electron chi connectivity index (χ3n) is 4.03. The number of nitrogens with zero attached hydrogens (tertiary/aromatic N) is 1. The second-order valence-corrected chi connectivity index (χ2v) is 6.02. The largest absolute Gasteiger partial charge is 0.508 e. The number of carboxylic acid groups (broad SMARTS) is 1. The van der Waals surface area contributed by atoms with E-state index in [4.69, 9.17) is 14.6 Å². The summed E-state index contributed by atoms with van der Waals surface area (Å²) in [6.45, 7) is 9.44. The Morgan fingerprint density at radius 1 is 1.00 bits per heavy atom. The van der Waals surface area contributed by atoms with Gasteiger partial charge in [-0.05, 0) is 32.4 Å². The van der Waals surface area contributed by atoms with Crippen molar-refractivity contribution in [1.82, 2.24) is 4.90 Å². The van der Waals surface area contributed by atoms with Gasteiger partial charge in [0.15, 0.2) is 0 Å². The molecule has 0 aliphatic rings. The number of ether oxygens (including phenoxy) is 2. The minimum absolute atomic E-state index is 0.164. The van der Waals surface area contributed by atoms with Crippen LogP contribution in [0.5, 0.6) is 0 Å².